The summed E-state index contributed by atoms with van der Waals surface area (Å²) in [4.78, 5) is 23.8. The van der Waals surface area contributed by atoms with Crippen LogP contribution in [-0.2, 0) is 6.42 Å². The highest BCUT2D eigenvalue weighted by Crippen LogP contribution is 2.05. The van der Waals surface area contributed by atoms with E-state index in [-0.39, 0.29) is 11.8 Å². The minimum atomic E-state index is -0.336. The Bertz CT molecular complexity index is 648. The highest BCUT2D eigenvalue weighted by atomic mass is 16.2. The molecule has 0 aliphatic heterocycles. The molecule has 0 saturated heterocycles. The molecular weight excluding hydrogens is 264 g/mol. The molecule has 0 spiro atoms. The average molecular weight is 282 g/mol. The molecule has 2 aromatic carbocycles. The number of benzene rings is 2. The van der Waals surface area contributed by atoms with Crippen molar-refractivity contribution in [1.82, 2.24) is 10.9 Å². The van der Waals surface area contributed by atoms with Gasteiger partial charge < -0.3 is 0 Å². The maximum Gasteiger partial charge on any atom is 0.269 e. The molecule has 0 bridgehead atoms. The topological polar surface area (TPSA) is 58.2 Å². The van der Waals surface area contributed by atoms with E-state index in [0.717, 1.165) is 17.5 Å². The van der Waals surface area contributed by atoms with Crippen LogP contribution in [0.15, 0.2) is 48.5 Å². The van der Waals surface area contributed by atoms with Gasteiger partial charge in [0, 0.05) is 11.1 Å². The van der Waals surface area contributed by atoms with E-state index >= 15 is 0 Å². The van der Waals surface area contributed by atoms with Gasteiger partial charge in [0.1, 0.15) is 0 Å². The number of carbonyl (C=O) groups is 2. The third-order valence-electron chi connectivity index (χ3n) is 3.19. The van der Waals surface area contributed by atoms with Gasteiger partial charge >= 0.3 is 0 Å². The van der Waals surface area contributed by atoms with Crippen molar-refractivity contribution in [3.8, 4) is 0 Å². The summed E-state index contributed by atoms with van der Waals surface area (Å²) >= 11 is 0. The lowest BCUT2D eigenvalue weighted by molar-refractivity contribution is 0.0846. The zero-order chi connectivity index (χ0) is 15.2. The van der Waals surface area contributed by atoms with Crippen molar-refractivity contribution < 1.29 is 9.59 Å². The monoisotopic (exact) mass is 282 g/mol. The Morgan fingerprint density at radius 1 is 0.905 bits per heavy atom. The highest BCUT2D eigenvalue weighted by molar-refractivity contribution is 5.99. The normalized spacial score (nSPS) is 10.0. The Labute approximate surface area is 124 Å². The lowest BCUT2D eigenvalue weighted by Gasteiger charge is -2.08. The van der Waals surface area contributed by atoms with Crippen molar-refractivity contribution in [2.45, 2.75) is 20.3 Å². The smallest absolute Gasteiger partial charge is 0.267 e. The number of rotatable bonds is 3. The molecule has 0 aliphatic rings. The molecule has 21 heavy (non-hydrogen) atoms. The molecule has 0 heterocycles. The maximum absolute atomic E-state index is 11.9. The summed E-state index contributed by atoms with van der Waals surface area (Å²) in [5.74, 6) is -0.670. The van der Waals surface area contributed by atoms with Crippen molar-refractivity contribution in [3.05, 3.63) is 70.8 Å². The van der Waals surface area contributed by atoms with E-state index in [9.17, 15) is 9.59 Å². The SMILES string of the molecule is CCc1ccc(C(=O)NNC(=O)c2cccc(C)c2)cc1. The van der Waals surface area contributed by atoms with Gasteiger partial charge in [0.2, 0.25) is 0 Å². The second-order valence-electron chi connectivity index (χ2n) is 4.83. The minimum Gasteiger partial charge on any atom is -0.267 e. The first-order valence-corrected chi connectivity index (χ1v) is 6.86. The second kappa shape index (κ2) is 6.70. The summed E-state index contributed by atoms with van der Waals surface area (Å²) in [6, 6.07) is 14.5. The number of aryl methyl sites for hydroxylation is 2. The quantitative estimate of drug-likeness (QED) is 0.850. The van der Waals surface area contributed by atoms with Gasteiger partial charge in [-0.15, -0.1) is 0 Å². The van der Waals surface area contributed by atoms with E-state index in [1.54, 1.807) is 30.3 Å². The fraction of sp³-hybridized carbons (Fsp3) is 0.176. The highest BCUT2D eigenvalue weighted by Gasteiger charge is 2.08. The molecule has 2 N–H and O–H groups in total. The number of nitrogens with one attached hydrogen (secondary N) is 2. The van der Waals surface area contributed by atoms with Crippen LogP contribution in [-0.4, -0.2) is 11.8 Å². The van der Waals surface area contributed by atoms with Crippen LogP contribution in [0.1, 0.15) is 38.8 Å². The first kappa shape index (κ1) is 14.8. The standard InChI is InChI=1S/C17H18N2O2/c1-3-13-7-9-14(10-8-13)16(20)18-19-17(21)15-6-4-5-12(2)11-15/h4-11H,3H2,1-2H3,(H,18,20)(H,19,21). The molecule has 0 fully saturated rings. The zero-order valence-electron chi connectivity index (χ0n) is 12.1. The van der Waals surface area contributed by atoms with Crippen molar-refractivity contribution in [3.63, 3.8) is 0 Å². The minimum absolute atomic E-state index is 0.335. The molecule has 0 saturated carbocycles. The van der Waals surface area contributed by atoms with Crippen LogP contribution >= 0.6 is 0 Å². The van der Waals surface area contributed by atoms with Gasteiger partial charge in [0.15, 0.2) is 0 Å². The number of carbonyl (C=O) groups excluding carboxylic acids is 2. The number of hydrogen-bond donors (Lipinski definition) is 2. The second-order valence-corrected chi connectivity index (χ2v) is 4.83. The van der Waals surface area contributed by atoms with Crippen LogP contribution in [0, 0.1) is 6.92 Å². The Balaban J connectivity index is 1.95. The van der Waals surface area contributed by atoms with Crippen molar-refractivity contribution in [1.29, 1.82) is 0 Å². The third-order valence-corrected chi connectivity index (χ3v) is 3.19. The van der Waals surface area contributed by atoms with Gasteiger partial charge in [-0.25, -0.2) is 0 Å². The Morgan fingerprint density at radius 3 is 2.10 bits per heavy atom. The van der Waals surface area contributed by atoms with Crippen LogP contribution in [0.2, 0.25) is 0 Å². The van der Waals surface area contributed by atoms with Crippen LogP contribution < -0.4 is 10.9 Å². The molecular formula is C17H18N2O2. The molecule has 0 unspecified atom stereocenters. The molecule has 0 aromatic heterocycles. The Kier molecular flexibility index (Phi) is 4.72. The molecule has 2 rings (SSSR count). The summed E-state index contributed by atoms with van der Waals surface area (Å²) in [6.45, 7) is 3.96. The van der Waals surface area contributed by atoms with Crippen molar-refractivity contribution in [2.75, 3.05) is 0 Å². The molecule has 0 radical (unpaired) electrons. The first-order chi connectivity index (χ1) is 10.1. The largest absolute Gasteiger partial charge is 0.269 e. The number of hydrazine groups is 1. The zero-order valence-corrected chi connectivity index (χ0v) is 12.1. The van der Waals surface area contributed by atoms with E-state index in [1.807, 2.05) is 25.1 Å². The molecule has 108 valence electrons. The number of amides is 2. The molecule has 2 aromatic rings. The van der Waals surface area contributed by atoms with Crippen LogP contribution in [0.4, 0.5) is 0 Å². The molecule has 4 nitrogen and oxygen atoms in total. The van der Waals surface area contributed by atoms with Crippen LogP contribution in [0.25, 0.3) is 0 Å². The Hall–Kier alpha value is -2.62. The van der Waals surface area contributed by atoms with E-state index in [1.165, 1.54) is 0 Å². The summed E-state index contributed by atoms with van der Waals surface area (Å²) in [5.41, 5.74) is 8.00. The van der Waals surface area contributed by atoms with Gasteiger partial charge in [0.05, 0.1) is 0 Å². The van der Waals surface area contributed by atoms with Crippen LogP contribution in [0.5, 0.6) is 0 Å². The van der Waals surface area contributed by atoms with Gasteiger partial charge in [-0.2, -0.15) is 0 Å². The van der Waals surface area contributed by atoms with Gasteiger partial charge in [-0.05, 0) is 43.2 Å². The first-order valence-electron chi connectivity index (χ1n) is 6.86. The van der Waals surface area contributed by atoms with Gasteiger partial charge in [-0.1, -0.05) is 36.8 Å². The lowest BCUT2D eigenvalue weighted by Crippen LogP contribution is -2.41. The van der Waals surface area contributed by atoms with Crippen molar-refractivity contribution >= 4 is 11.8 Å². The van der Waals surface area contributed by atoms with E-state index in [0.29, 0.717) is 11.1 Å². The molecule has 0 atom stereocenters. The fourth-order valence-electron chi connectivity index (χ4n) is 1.94. The summed E-state index contributed by atoms with van der Waals surface area (Å²) < 4.78 is 0. The Morgan fingerprint density at radius 2 is 1.52 bits per heavy atom. The van der Waals surface area contributed by atoms with E-state index < -0.39 is 0 Å². The van der Waals surface area contributed by atoms with Gasteiger partial charge in [-0.3, -0.25) is 20.4 Å². The summed E-state index contributed by atoms with van der Waals surface area (Å²) in [7, 11) is 0. The predicted molar refractivity (Wildman–Crippen MR) is 81.9 cm³/mol. The maximum atomic E-state index is 11.9. The van der Waals surface area contributed by atoms with Crippen molar-refractivity contribution in [2.24, 2.45) is 0 Å². The summed E-state index contributed by atoms with van der Waals surface area (Å²) in [6.07, 6.45) is 0.923. The van der Waals surface area contributed by atoms with Crippen LogP contribution in [0.3, 0.4) is 0 Å². The fourth-order valence-corrected chi connectivity index (χ4v) is 1.94. The van der Waals surface area contributed by atoms with E-state index in [4.69, 9.17) is 0 Å². The average Bonchev–Trinajstić information content (AvgIpc) is 2.52. The molecule has 2 amide bonds. The predicted octanol–water partition coefficient (Wildman–Crippen LogP) is 2.63. The summed E-state index contributed by atoms with van der Waals surface area (Å²) in [5, 5.41) is 0. The molecule has 0 aliphatic carbocycles. The molecule has 4 heteroatoms. The van der Waals surface area contributed by atoms with Gasteiger partial charge in [0.25, 0.3) is 11.8 Å². The number of hydrogen-bond acceptors (Lipinski definition) is 2. The third kappa shape index (κ3) is 3.92. The lowest BCUT2D eigenvalue weighted by atomic mass is 10.1. The van der Waals surface area contributed by atoms with E-state index in [2.05, 4.69) is 17.8 Å².